The number of benzene rings is 1. The van der Waals surface area contributed by atoms with Crippen molar-refractivity contribution in [3.63, 3.8) is 0 Å². The first-order valence-corrected chi connectivity index (χ1v) is 9.19. The Labute approximate surface area is 158 Å². The average molecular weight is 384 g/mol. The molecular formula is C19H14ClN3O2S. The van der Waals surface area contributed by atoms with Crippen molar-refractivity contribution in [3.8, 4) is 5.82 Å². The number of aromatic nitrogens is 2. The standard InChI is InChI=1S/C19H14ClN3O2S/c20-13-4-5-16(15(9-13)19(24)25)22-14-2-1-3-17-12(8-14)6-7-23(17)18-10-26-11-21-18/h1-11,14,22H,(H,24,25). The third-order valence-electron chi connectivity index (χ3n) is 4.09. The van der Waals surface area contributed by atoms with E-state index in [2.05, 4.69) is 16.4 Å². The Morgan fingerprint density at radius 1 is 1.35 bits per heavy atom. The first-order chi connectivity index (χ1) is 12.6. The quantitative estimate of drug-likeness (QED) is 0.727. The number of nitrogens with zero attached hydrogens (tertiary/aromatic N) is 2. The molecule has 0 saturated carbocycles. The van der Waals surface area contributed by atoms with Crippen molar-refractivity contribution in [3.05, 3.63) is 74.7 Å². The van der Waals surface area contributed by atoms with Gasteiger partial charge in [-0.2, -0.15) is 0 Å². The molecular weight excluding hydrogens is 370 g/mol. The summed E-state index contributed by atoms with van der Waals surface area (Å²) in [5.74, 6) is -0.138. The summed E-state index contributed by atoms with van der Waals surface area (Å²) in [6, 6.07) is 6.67. The van der Waals surface area contributed by atoms with Gasteiger partial charge in [-0.3, -0.25) is 0 Å². The lowest BCUT2D eigenvalue weighted by Gasteiger charge is -2.14. The molecule has 1 aliphatic carbocycles. The minimum absolute atomic E-state index is 0.146. The Hall–Kier alpha value is -2.83. The number of nitrogens with one attached hydrogen (secondary N) is 1. The maximum Gasteiger partial charge on any atom is 0.337 e. The van der Waals surface area contributed by atoms with Gasteiger partial charge in [0.1, 0.15) is 5.82 Å². The van der Waals surface area contributed by atoms with Gasteiger partial charge in [0.25, 0.3) is 0 Å². The number of aromatic carboxylic acids is 1. The number of thiazole rings is 1. The van der Waals surface area contributed by atoms with E-state index >= 15 is 0 Å². The van der Waals surface area contributed by atoms with E-state index in [4.69, 9.17) is 11.6 Å². The van der Waals surface area contributed by atoms with Crippen LogP contribution < -0.4 is 15.9 Å². The summed E-state index contributed by atoms with van der Waals surface area (Å²) in [6.45, 7) is 0. The maximum absolute atomic E-state index is 11.5. The van der Waals surface area contributed by atoms with Gasteiger partial charge in [-0.15, -0.1) is 11.3 Å². The molecule has 7 heteroatoms. The summed E-state index contributed by atoms with van der Waals surface area (Å²) in [4.78, 5) is 15.8. The molecule has 0 saturated heterocycles. The van der Waals surface area contributed by atoms with Gasteiger partial charge in [0.15, 0.2) is 0 Å². The topological polar surface area (TPSA) is 67.2 Å². The number of halogens is 1. The number of allylic oxidation sites excluding steroid dienone is 1. The summed E-state index contributed by atoms with van der Waals surface area (Å²) in [6.07, 6.45) is 9.99. The Kier molecular flexibility index (Phi) is 4.36. The van der Waals surface area contributed by atoms with Crippen molar-refractivity contribution in [1.29, 1.82) is 0 Å². The van der Waals surface area contributed by atoms with Crippen molar-refractivity contribution in [1.82, 2.24) is 9.55 Å². The Bertz CT molecular complexity index is 1120. The fourth-order valence-corrected chi connectivity index (χ4v) is 3.60. The summed E-state index contributed by atoms with van der Waals surface area (Å²) >= 11 is 7.47. The molecule has 5 nitrogen and oxygen atoms in total. The molecule has 2 aromatic heterocycles. The van der Waals surface area contributed by atoms with Crippen LogP contribution >= 0.6 is 22.9 Å². The molecule has 2 N–H and O–H groups in total. The monoisotopic (exact) mass is 383 g/mol. The minimum Gasteiger partial charge on any atom is -0.478 e. The highest BCUT2D eigenvalue weighted by atomic mass is 35.5. The highest BCUT2D eigenvalue weighted by Gasteiger charge is 2.13. The lowest BCUT2D eigenvalue weighted by atomic mass is 10.1. The van der Waals surface area contributed by atoms with Gasteiger partial charge in [-0.1, -0.05) is 23.8 Å². The second kappa shape index (κ2) is 6.82. The minimum atomic E-state index is -1.02. The van der Waals surface area contributed by atoms with E-state index in [9.17, 15) is 9.90 Å². The van der Waals surface area contributed by atoms with E-state index < -0.39 is 5.97 Å². The largest absolute Gasteiger partial charge is 0.478 e. The van der Waals surface area contributed by atoms with Crippen molar-refractivity contribution in [2.45, 2.75) is 6.04 Å². The fraction of sp³-hybridized carbons (Fsp3) is 0.0526. The molecule has 3 aromatic rings. The number of carboxylic acids is 1. The van der Waals surface area contributed by atoms with Crippen LogP contribution in [0.1, 0.15) is 10.4 Å². The molecule has 4 rings (SSSR count). The summed E-state index contributed by atoms with van der Waals surface area (Å²) in [5, 5.41) is 17.1. The van der Waals surface area contributed by atoms with E-state index in [0.29, 0.717) is 10.7 Å². The highest BCUT2D eigenvalue weighted by molar-refractivity contribution is 7.07. The average Bonchev–Trinajstić information content (AvgIpc) is 3.22. The molecule has 0 spiro atoms. The van der Waals surface area contributed by atoms with Crippen LogP contribution in [0.2, 0.25) is 5.02 Å². The third kappa shape index (κ3) is 3.16. The number of hydrogen-bond acceptors (Lipinski definition) is 4. The maximum atomic E-state index is 11.5. The van der Waals surface area contributed by atoms with E-state index in [-0.39, 0.29) is 11.6 Å². The predicted octanol–water partition coefficient (Wildman–Crippen LogP) is 2.90. The van der Waals surface area contributed by atoms with Crippen molar-refractivity contribution < 1.29 is 9.90 Å². The molecule has 0 aliphatic heterocycles. The number of carbonyl (C=O) groups is 1. The molecule has 1 unspecified atom stereocenters. The van der Waals surface area contributed by atoms with Gasteiger partial charge in [0.2, 0.25) is 0 Å². The van der Waals surface area contributed by atoms with E-state index in [1.807, 2.05) is 40.4 Å². The van der Waals surface area contributed by atoms with Crippen LogP contribution in [-0.2, 0) is 0 Å². The predicted molar refractivity (Wildman–Crippen MR) is 105 cm³/mol. The molecule has 130 valence electrons. The summed E-state index contributed by atoms with van der Waals surface area (Å²) in [7, 11) is 0. The number of rotatable bonds is 4. The summed E-state index contributed by atoms with van der Waals surface area (Å²) in [5.41, 5.74) is 2.47. The fourth-order valence-electron chi connectivity index (χ4n) is 2.91. The van der Waals surface area contributed by atoms with Gasteiger partial charge in [-0.25, -0.2) is 9.78 Å². The van der Waals surface area contributed by atoms with E-state index in [1.54, 1.807) is 29.0 Å². The molecule has 1 aliphatic rings. The number of anilines is 1. The molecule has 26 heavy (non-hydrogen) atoms. The lowest BCUT2D eigenvalue weighted by molar-refractivity contribution is 0.0698. The van der Waals surface area contributed by atoms with Gasteiger partial charge in [0, 0.05) is 22.3 Å². The smallest absolute Gasteiger partial charge is 0.337 e. The van der Waals surface area contributed by atoms with Crippen molar-refractivity contribution in [2.24, 2.45) is 0 Å². The molecule has 0 fully saturated rings. The first kappa shape index (κ1) is 16.6. The Balaban J connectivity index is 1.71. The number of fused-ring (bicyclic) bond motifs is 1. The zero-order chi connectivity index (χ0) is 18.1. The second-order valence-corrected chi connectivity index (χ2v) is 6.91. The molecule has 2 heterocycles. The van der Waals surface area contributed by atoms with Crippen LogP contribution in [0.4, 0.5) is 5.69 Å². The molecule has 0 bridgehead atoms. The van der Waals surface area contributed by atoms with E-state index in [0.717, 1.165) is 16.4 Å². The third-order valence-corrected chi connectivity index (χ3v) is 4.90. The van der Waals surface area contributed by atoms with Crippen LogP contribution in [0.5, 0.6) is 0 Å². The number of hydrogen-bond donors (Lipinski definition) is 2. The van der Waals surface area contributed by atoms with Crippen molar-refractivity contribution in [2.75, 3.05) is 5.32 Å². The second-order valence-electron chi connectivity index (χ2n) is 5.76. The lowest BCUT2D eigenvalue weighted by Crippen LogP contribution is -2.29. The normalized spacial score (nSPS) is 15.5. The molecule has 1 aromatic carbocycles. The van der Waals surface area contributed by atoms with Crippen LogP contribution in [0.15, 0.2) is 53.5 Å². The zero-order valence-electron chi connectivity index (χ0n) is 13.5. The molecule has 1 atom stereocenters. The molecule has 0 amide bonds. The van der Waals surface area contributed by atoms with Crippen LogP contribution in [0.25, 0.3) is 18.0 Å². The van der Waals surface area contributed by atoms with Crippen LogP contribution in [0, 0.1) is 0 Å². The van der Waals surface area contributed by atoms with Crippen LogP contribution in [-0.4, -0.2) is 26.7 Å². The van der Waals surface area contributed by atoms with Crippen molar-refractivity contribution >= 4 is 46.7 Å². The van der Waals surface area contributed by atoms with E-state index in [1.165, 1.54) is 6.07 Å². The zero-order valence-corrected chi connectivity index (χ0v) is 15.0. The number of carboxylic acid groups (broad SMARTS) is 1. The Morgan fingerprint density at radius 2 is 2.23 bits per heavy atom. The van der Waals surface area contributed by atoms with Crippen LogP contribution in [0.3, 0.4) is 0 Å². The van der Waals surface area contributed by atoms with Gasteiger partial charge in [0.05, 0.1) is 22.5 Å². The highest BCUT2D eigenvalue weighted by Crippen LogP contribution is 2.22. The summed E-state index contributed by atoms with van der Waals surface area (Å²) < 4.78 is 2.03. The Morgan fingerprint density at radius 3 is 3.00 bits per heavy atom. The SMILES string of the molecule is O=C(O)c1cc(Cl)ccc1NC1C=CC=c2c(ccn2-c2cscn2)=C1. The van der Waals surface area contributed by atoms with Gasteiger partial charge in [-0.05, 0) is 41.6 Å². The first-order valence-electron chi connectivity index (χ1n) is 7.87. The van der Waals surface area contributed by atoms with Gasteiger partial charge >= 0.3 is 5.97 Å². The molecule has 0 radical (unpaired) electrons. The van der Waals surface area contributed by atoms with Gasteiger partial charge < -0.3 is 15.0 Å².